The van der Waals surface area contributed by atoms with Crippen LogP contribution in [0.25, 0.3) is 0 Å². The molecule has 0 N–H and O–H groups in total. The first-order chi connectivity index (χ1) is 5.79. The lowest BCUT2D eigenvalue weighted by atomic mass is 10.1. The summed E-state index contributed by atoms with van der Waals surface area (Å²) in [6.07, 6.45) is 2.61. The number of carbonyl (C=O) groups excluding carboxylic acids is 1. The maximum atomic E-state index is 11.5. The molecule has 0 spiro atoms. The third-order valence-corrected chi connectivity index (χ3v) is 2.15. The van der Waals surface area contributed by atoms with Crippen molar-refractivity contribution in [1.82, 2.24) is 9.88 Å². The first kappa shape index (κ1) is 7.28. The van der Waals surface area contributed by atoms with Gasteiger partial charge in [0.1, 0.15) is 0 Å². The quantitative estimate of drug-likeness (QED) is 0.563. The molecule has 1 aliphatic heterocycles. The van der Waals surface area contributed by atoms with E-state index < -0.39 is 0 Å². The van der Waals surface area contributed by atoms with Gasteiger partial charge in [-0.2, -0.15) is 0 Å². The first-order valence-corrected chi connectivity index (χ1v) is 3.98. The summed E-state index contributed by atoms with van der Waals surface area (Å²) >= 11 is 0. The van der Waals surface area contributed by atoms with Gasteiger partial charge in [0.2, 0.25) is 0 Å². The molecule has 0 bridgehead atoms. The molecule has 0 radical (unpaired) electrons. The number of carbonyl (C=O) groups is 1. The van der Waals surface area contributed by atoms with Gasteiger partial charge in [-0.05, 0) is 12.1 Å². The molecular weight excluding hydrogens is 152 g/mol. The van der Waals surface area contributed by atoms with Gasteiger partial charge in [-0.3, -0.25) is 9.78 Å². The van der Waals surface area contributed by atoms with E-state index in [1.54, 1.807) is 17.2 Å². The van der Waals surface area contributed by atoms with Crippen LogP contribution in [0.4, 0.5) is 0 Å². The molecule has 0 fully saturated rings. The van der Waals surface area contributed by atoms with E-state index in [1.165, 1.54) is 0 Å². The minimum atomic E-state index is 0.0874. The van der Waals surface area contributed by atoms with Gasteiger partial charge in [-0.25, -0.2) is 0 Å². The zero-order valence-corrected chi connectivity index (χ0v) is 6.95. The van der Waals surface area contributed by atoms with Gasteiger partial charge in [0.05, 0.1) is 11.3 Å². The van der Waals surface area contributed by atoms with Crippen LogP contribution in [0.2, 0.25) is 0 Å². The number of hydrogen-bond donors (Lipinski definition) is 0. The zero-order valence-electron chi connectivity index (χ0n) is 6.95. The smallest absolute Gasteiger partial charge is 0.255 e. The van der Waals surface area contributed by atoms with Crippen LogP contribution in [0.1, 0.15) is 16.1 Å². The molecule has 1 aliphatic rings. The van der Waals surface area contributed by atoms with E-state index in [4.69, 9.17) is 0 Å². The molecular formula is C9H10N2O. The molecule has 3 nitrogen and oxygen atoms in total. The standard InChI is InChI=1S/C9H10N2O/c1-11-6-4-8-7(9(11)12)3-2-5-10-8/h2-3,5H,4,6H2,1H3. The molecule has 1 aromatic heterocycles. The van der Waals surface area contributed by atoms with Gasteiger partial charge in [0.15, 0.2) is 0 Å². The number of hydrogen-bond acceptors (Lipinski definition) is 2. The lowest BCUT2D eigenvalue weighted by molar-refractivity contribution is 0.0779. The lowest BCUT2D eigenvalue weighted by Crippen LogP contribution is -2.34. The average Bonchev–Trinajstić information content (AvgIpc) is 2.12. The van der Waals surface area contributed by atoms with E-state index in [9.17, 15) is 4.79 Å². The zero-order chi connectivity index (χ0) is 8.55. The number of rotatable bonds is 0. The number of pyridine rings is 1. The molecule has 0 saturated carbocycles. The topological polar surface area (TPSA) is 33.2 Å². The summed E-state index contributed by atoms with van der Waals surface area (Å²) in [4.78, 5) is 17.4. The van der Waals surface area contributed by atoms with E-state index in [1.807, 2.05) is 13.1 Å². The Kier molecular flexibility index (Phi) is 1.57. The number of likely N-dealkylation sites (N-methyl/N-ethyl adjacent to an activating group) is 1. The SMILES string of the molecule is CN1CCc2ncccc2C1=O. The highest BCUT2D eigenvalue weighted by Gasteiger charge is 2.21. The molecule has 62 valence electrons. The third kappa shape index (κ3) is 0.978. The fourth-order valence-corrected chi connectivity index (χ4v) is 1.41. The Labute approximate surface area is 71.0 Å². The second-order valence-corrected chi connectivity index (χ2v) is 2.97. The fourth-order valence-electron chi connectivity index (χ4n) is 1.41. The van der Waals surface area contributed by atoms with Crippen LogP contribution in [0.3, 0.4) is 0 Å². The Bertz CT molecular complexity index is 322. The summed E-state index contributed by atoms with van der Waals surface area (Å²) < 4.78 is 0. The Morgan fingerprint density at radius 3 is 3.25 bits per heavy atom. The molecule has 1 amide bonds. The van der Waals surface area contributed by atoms with Crippen LogP contribution in [-0.4, -0.2) is 29.4 Å². The minimum Gasteiger partial charge on any atom is -0.341 e. The van der Waals surface area contributed by atoms with Crippen molar-refractivity contribution >= 4 is 5.91 Å². The van der Waals surface area contributed by atoms with Crippen LogP contribution < -0.4 is 0 Å². The van der Waals surface area contributed by atoms with Crippen molar-refractivity contribution in [3.8, 4) is 0 Å². The van der Waals surface area contributed by atoms with Crippen LogP contribution in [0, 0.1) is 0 Å². The van der Waals surface area contributed by atoms with Crippen molar-refractivity contribution in [2.45, 2.75) is 6.42 Å². The normalized spacial score (nSPS) is 16.1. The van der Waals surface area contributed by atoms with Crippen LogP contribution in [0.15, 0.2) is 18.3 Å². The van der Waals surface area contributed by atoms with E-state index in [0.29, 0.717) is 0 Å². The molecule has 0 atom stereocenters. The maximum Gasteiger partial charge on any atom is 0.255 e. The van der Waals surface area contributed by atoms with Crippen LogP contribution in [-0.2, 0) is 6.42 Å². The number of amides is 1. The van der Waals surface area contributed by atoms with Gasteiger partial charge in [-0.15, -0.1) is 0 Å². The van der Waals surface area contributed by atoms with Crippen LogP contribution in [0.5, 0.6) is 0 Å². The number of aromatic nitrogens is 1. The van der Waals surface area contributed by atoms with Crippen LogP contribution >= 0.6 is 0 Å². The third-order valence-electron chi connectivity index (χ3n) is 2.15. The predicted molar refractivity (Wildman–Crippen MR) is 44.9 cm³/mol. The molecule has 0 saturated heterocycles. The number of nitrogens with zero attached hydrogens (tertiary/aromatic N) is 2. The lowest BCUT2D eigenvalue weighted by Gasteiger charge is -2.23. The molecule has 2 rings (SSSR count). The predicted octanol–water partition coefficient (Wildman–Crippen LogP) is 0.710. The van der Waals surface area contributed by atoms with Crippen molar-refractivity contribution in [2.75, 3.05) is 13.6 Å². The van der Waals surface area contributed by atoms with Crippen molar-refractivity contribution in [2.24, 2.45) is 0 Å². The van der Waals surface area contributed by atoms with E-state index in [0.717, 1.165) is 24.2 Å². The molecule has 0 unspecified atom stereocenters. The fraction of sp³-hybridized carbons (Fsp3) is 0.333. The molecule has 0 aliphatic carbocycles. The largest absolute Gasteiger partial charge is 0.341 e. The summed E-state index contributed by atoms with van der Waals surface area (Å²) in [5.41, 5.74) is 1.69. The Balaban J connectivity index is 2.49. The average molecular weight is 162 g/mol. The summed E-state index contributed by atoms with van der Waals surface area (Å²) in [6, 6.07) is 3.64. The highest BCUT2D eigenvalue weighted by molar-refractivity contribution is 5.95. The van der Waals surface area contributed by atoms with Crippen molar-refractivity contribution < 1.29 is 4.79 Å². The van der Waals surface area contributed by atoms with E-state index in [-0.39, 0.29) is 5.91 Å². The molecule has 1 aromatic rings. The second kappa shape index (κ2) is 2.59. The Hall–Kier alpha value is -1.38. The summed E-state index contributed by atoms with van der Waals surface area (Å²) in [5.74, 6) is 0.0874. The monoisotopic (exact) mass is 162 g/mol. The summed E-state index contributed by atoms with van der Waals surface area (Å²) in [6.45, 7) is 0.781. The molecule has 12 heavy (non-hydrogen) atoms. The highest BCUT2D eigenvalue weighted by atomic mass is 16.2. The highest BCUT2D eigenvalue weighted by Crippen LogP contribution is 2.14. The number of fused-ring (bicyclic) bond motifs is 1. The van der Waals surface area contributed by atoms with Gasteiger partial charge in [0, 0.05) is 26.2 Å². The Morgan fingerprint density at radius 1 is 1.58 bits per heavy atom. The van der Waals surface area contributed by atoms with Gasteiger partial charge >= 0.3 is 0 Å². The Morgan fingerprint density at radius 2 is 2.42 bits per heavy atom. The van der Waals surface area contributed by atoms with Crippen molar-refractivity contribution in [3.63, 3.8) is 0 Å². The molecule has 2 heterocycles. The minimum absolute atomic E-state index is 0.0874. The molecule has 0 aromatic carbocycles. The van der Waals surface area contributed by atoms with Gasteiger partial charge < -0.3 is 4.90 Å². The van der Waals surface area contributed by atoms with E-state index in [2.05, 4.69) is 4.98 Å². The van der Waals surface area contributed by atoms with Gasteiger partial charge in [0.25, 0.3) is 5.91 Å². The molecule has 3 heteroatoms. The maximum absolute atomic E-state index is 11.5. The van der Waals surface area contributed by atoms with Gasteiger partial charge in [-0.1, -0.05) is 0 Å². The first-order valence-electron chi connectivity index (χ1n) is 3.98. The summed E-state index contributed by atoms with van der Waals surface area (Å²) in [7, 11) is 1.82. The second-order valence-electron chi connectivity index (χ2n) is 2.97. The van der Waals surface area contributed by atoms with Crippen molar-refractivity contribution in [1.29, 1.82) is 0 Å². The van der Waals surface area contributed by atoms with Crippen molar-refractivity contribution in [3.05, 3.63) is 29.6 Å². The summed E-state index contributed by atoms with van der Waals surface area (Å²) in [5, 5.41) is 0. The van der Waals surface area contributed by atoms with E-state index >= 15 is 0 Å².